The zero-order chi connectivity index (χ0) is 24.6. The van der Waals surface area contributed by atoms with Crippen LogP contribution in [0.4, 0.5) is 0 Å². The van der Waals surface area contributed by atoms with Gasteiger partial charge in [-0.05, 0) is 17.5 Å². The molecule has 1 aliphatic rings. The molecule has 1 fully saturated rings. The Labute approximate surface area is 207 Å². The maximum absolute atomic E-state index is 13.3. The zero-order valence-electron chi connectivity index (χ0n) is 19.1. The second kappa shape index (κ2) is 11.5. The first kappa shape index (κ1) is 24.3. The van der Waals surface area contributed by atoms with Gasteiger partial charge in [-0.25, -0.2) is 4.98 Å². The number of nitrogens with zero attached hydrogens (tertiary/aromatic N) is 2. The molecular formula is C26H26N4O4S. The normalized spacial score (nSPS) is 16.1. The summed E-state index contributed by atoms with van der Waals surface area (Å²) in [6.45, 7) is 0.444. The summed E-state index contributed by atoms with van der Waals surface area (Å²) in [6, 6.07) is 16.9. The Morgan fingerprint density at radius 2 is 1.71 bits per heavy atom. The first-order valence-electron chi connectivity index (χ1n) is 11.4. The highest BCUT2D eigenvalue weighted by atomic mass is 32.1. The highest BCUT2D eigenvalue weighted by Crippen LogP contribution is 2.22. The van der Waals surface area contributed by atoms with Crippen molar-refractivity contribution in [3.63, 3.8) is 0 Å². The van der Waals surface area contributed by atoms with E-state index >= 15 is 0 Å². The number of aromatic nitrogens is 1. The predicted molar refractivity (Wildman–Crippen MR) is 131 cm³/mol. The summed E-state index contributed by atoms with van der Waals surface area (Å²) in [4.78, 5) is 57.1. The van der Waals surface area contributed by atoms with E-state index in [1.807, 2.05) is 60.7 Å². The van der Waals surface area contributed by atoms with Crippen molar-refractivity contribution >= 4 is 34.8 Å². The molecule has 1 saturated heterocycles. The quantitative estimate of drug-likeness (QED) is 0.424. The minimum atomic E-state index is -1.06. The van der Waals surface area contributed by atoms with Gasteiger partial charge in [-0.1, -0.05) is 60.7 Å². The van der Waals surface area contributed by atoms with Crippen LogP contribution in [0.1, 0.15) is 29.0 Å². The van der Waals surface area contributed by atoms with Crippen molar-refractivity contribution in [1.29, 1.82) is 0 Å². The molecule has 1 aromatic heterocycles. The third-order valence-electron chi connectivity index (χ3n) is 5.85. The zero-order valence-corrected chi connectivity index (χ0v) is 19.9. The number of hydrogen-bond donors (Lipinski definition) is 2. The van der Waals surface area contributed by atoms with Crippen LogP contribution in [0.5, 0.6) is 0 Å². The van der Waals surface area contributed by atoms with Crippen molar-refractivity contribution in [2.45, 2.75) is 44.4 Å². The molecule has 0 radical (unpaired) electrons. The van der Waals surface area contributed by atoms with Gasteiger partial charge in [-0.2, -0.15) is 0 Å². The standard InChI is InChI=1S/C26H26N4O4S/c31-23-12-11-21(30(23)17-19-9-5-2-6-10-19)25(33)29-20(15-18-7-3-1-4-8-18)24(32)26(34)28-16-22-27-13-14-35-22/h1-10,13-14,20-21H,11-12,15-17H2,(H,28,34)(H,29,33)/t20?,21-/m1/s1. The molecule has 35 heavy (non-hydrogen) atoms. The maximum atomic E-state index is 13.3. The Bertz CT molecular complexity index is 1170. The number of rotatable bonds is 10. The van der Waals surface area contributed by atoms with Crippen molar-refractivity contribution in [1.82, 2.24) is 20.5 Å². The third kappa shape index (κ3) is 6.39. The predicted octanol–water partition coefficient (Wildman–Crippen LogP) is 2.25. The smallest absolute Gasteiger partial charge is 0.289 e. The molecule has 2 atom stereocenters. The molecule has 0 saturated carbocycles. The van der Waals surface area contributed by atoms with Crippen molar-refractivity contribution in [2.24, 2.45) is 0 Å². The van der Waals surface area contributed by atoms with Crippen molar-refractivity contribution < 1.29 is 19.2 Å². The summed E-state index contributed by atoms with van der Waals surface area (Å²) in [7, 11) is 0. The second-order valence-electron chi connectivity index (χ2n) is 8.29. The number of ketones is 1. The molecule has 1 unspecified atom stereocenters. The van der Waals surface area contributed by atoms with Crippen LogP contribution in [0.25, 0.3) is 0 Å². The monoisotopic (exact) mass is 490 g/mol. The first-order valence-corrected chi connectivity index (χ1v) is 12.3. The SMILES string of the molecule is O=C(NCc1nccs1)C(=O)C(Cc1ccccc1)NC(=O)[C@H]1CCC(=O)N1Cc1ccccc1. The van der Waals surface area contributed by atoms with E-state index in [2.05, 4.69) is 15.6 Å². The Kier molecular flexibility index (Phi) is 7.99. The molecule has 1 aliphatic heterocycles. The van der Waals surface area contributed by atoms with Gasteiger partial charge in [0.15, 0.2) is 0 Å². The molecule has 2 heterocycles. The number of carbonyl (C=O) groups is 4. The highest BCUT2D eigenvalue weighted by molar-refractivity contribution is 7.09. The van der Waals surface area contributed by atoms with Gasteiger partial charge < -0.3 is 15.5 Å². The average Bonchev–Trinajstić information content (AvgIpc) is 3.53. The number of hydrogen-bond acceptors (Lipinski definition) is 6. The lowest BCUT2D eigenvalue weighted by molar-refractivity contribution is -0.141. The Morgan fingerprint density at radius 1 is 1.03 bits per heavy atom. The maximum Gasteiger partial charge on any atom is 0.289 e. The molecule has 2 N–H and O–H groups in total. The van der Waals surface area contributed by atoms with Crippen LogP contribution in [-0.4, -0.2) is 45.5 Å². The summed E-state index contributed by atoms with van der Waals surface area (Å²) in [5.41, 5.74) is 1.72. The minimum absolute atomic E-state index is 0.110. The van der Waals surface area contributed by atoms with Crippen LogP contribution in [0.3, 0.4) is 0 Å². The Morgan fingerprint density at radius 3 is 2.37 bits per heavy atom. The van der Waals surface area contributed by atoms with Crippen molar-refractivity contribution in [3.8, 4) is 0 Å². The van der Waals surface area contributed by atoms with Gasteiger partial charge >= 0.3 is 0 Å². The van der Waals surface area contributed by atoms with E-state index in [1.165, 1.54) is 16.2 Å². The Balaban J connectivity index is 1.47. The molecule has 0 aliphatic carbocycles. The summed E-state index contributed by atoms with van der Waals surface area (Å²) < 4.78 is 0. The number of Topliss-reactive ketones (excluding diaryl/α,β-unsaturated/α-hetero) is 1. The number of nitrogens with one attached hydrogen (secondary N) is 2. The lowest BCUT2D eigenvalue weighted by Crippen LogP contribution is -2.53. The second-order valence-corrected chi connectivity index (χ2v) is 9.26. The van der Waals surface area contributed by atoms with Gasteiger partial charge in [0.25, 0.3) is 5.91 Å². The van der Waals surface area contributed by atoms with Crippen LogP contribution in [0.2, 0.25) is 0 Å². The number of thiazole rings is 1. The molecule has 8 nitrogen and oxygen atoms in total. The summed E-state index contributed by atoms with van der Waals surface area (Å²) >= 11 is 1.37. The topological polar surface area (TPSA) is 108 Å². The summed E-state index contributed by atoms with van der Waals surface area (Å²) in [5, 5.41) is 7.81. The van der Waals surface area contributed by atoms with Gasteiger partial charge in [-0.15, -0.1) is 11.3 Å². The first-order chi connectivity index (χ1) is 17.0. The fourth-order valence-corrected chi connectivity index (χ4v) is 4.61. The van der Waals surface area contributed by atoms with Gasteiger partial charge in [0.1, 0.15) is 17.1 Å². The molecule has 0 bridgehead atoms. The van der Waals surface area contributed by atoms with Crippen LogP contribution in [0, 0.1) is 0 Å². The van der Waals surface area contributed by atoms with E-state index in [-0.39, 0.29) is 25.3 Å². The van der Waals surface area contributed by atoms with Crippen molar-refractivity contribution in [3.05, 3.63) is 88.4 Å². The molecule has 3 aromatic rings. The van der Waals surface area contributed by atoms with E-state index in [0.717, 1.165) is 11.1 Å². The lowest BCUT2D eigenvalue weighted by Gasteiger charge is -2.26. The number of carbonyl (C=O) groups excluding carboxylic acids is 4. The van der Waals surface area contributed by atoms with E-state index in [1.54, 1.807) is 11.6 Å². The van der Waals surface area contributed by atoms with E-state index in [4.69, 9.17) is 0 Å². The minimum Gasteiger partial charge on any atom is -0.344 e. The molecule has 180 valence electrons. The molecule has 2 aromatic carbocycles. The van der Waals surface area contributed by atoms with Gasteiger partial charge in [-0.3, -0.25) is 19.2 Å². The molecule has 3 amide bonds. The van der Waals surface area contributed by atoms with Crippen LogP contribution >= 0.6 is 11.3 Å². The van der Waals surface area contributed by atoms with Gasteiger partial charge in [0.2, 0.25) is 17.6 Å². The molecule has 9 heteroatoms. The van der Waals surface area contributed by atoms with E-state index in [9.17, 15) is 19.2 Å². The number of benzene rings is 2. The molecule has 0 spiro atoms. The van der Waals surface area contributed by atoms with Gasteiger partial charge in [0.05, 0.1) is 6.54 Å². The third-order valence-corrected chi connectivity index (χ3v) is 6.63. The Hall–Kier alpha value is -3.85. The summed E-state index contributed by atoms with van der Waals surface area (Å²) in [5.74, 6) is -2.07. The van der Waals surface area contributed by atoms with Crippen LogP contribution in [0.15, 0.2) is 72.2 Å². The van der Waals surface area contributed by atoms with Crippen molar-refractivity contribution in [2.75, 3.05) is 0 Å². The lowest BCUT2D eigenvalue weighted by atomic mass is 10.0. The average molecular weight is 491 g/mol. The highest BCUT2D eigenvalue weighted by Gasteiger charge is 2.38. The van der Waals surface area contributed by atoms with E-state index < -0.39 is 29.7 Å². The molecule has 4 rings (SSSR count). The fourth-order valence-electron chi connectivity index (χ4n) is 4.05. The summed E-state index contributed by atoms with van der Waals surface area (Å²) in [6.07, 6.45) is 2.41. The number of amides is 3. The largest absolute Gasteiger partial charge is 0.344 e. The van der Waals surface area contributed by atoms with E-state index in [0.29, 0.717) is 18.0 Å². The van der Waals surface area contributed by atoms with Crippen LogP contribution < -0.4 is 10.6 Å². The number of likely N-dealkylation sites (tertiary alicyclic amines) is 1. The van der Waals surface area contributed by atoms with Gasteiger partial charge in [0, 0.05) is 31.0 Å². The van der Waals surface area contributed by atoms with Crippen LogP contribution in [-0.2, 0) is 38.7 Å². The fraction of sp³-hybridized carbons (Fsp3) is 0.269. The molecular weight excluding hydrogens is 464 g/mol.